The summed E-state index contributed by atoms with van der Waals surface area (Å²) in [6.07, 6.45) is -0.0846. The van der Waals surface area contributed by atoms with Crippen molar-refractivity contribution in [3.05, 3.63) is 71.8 Å². The van der Waals surface area contributed by atoms with Gasteiger partial charge in [-0.25, -0.2) is 0 Å². The average Bonchev–Trinajstić information content (AvgIpc) is 2.77. The lowest BCUT2D eigenvalue weighted by Crippen LogP contribution is -2.18. The molecule has 0 saturated carbocycles. The molecule has 0 aromatic heterocycles. The van der Waals surface area contributed by atoms with Crippen molar-refractivity contribution >= 4 is 5.71 Å². The normalized spacial score (nSPS) is 21.2. The van der Waals surface area contributed by atoms with E-state index in [2.05, 4.69) is 24.3 Å². The molecule has 1 aliphatic heterocycles. The van der Waals surface area contributed by atoms with E-state index in [-0.39, 0.29) is 6.10 Å². The van der Waals surface area contributed by atoms with E-state index >= 15 is 0 Å². The Hall–Kier alpha value is -1.93. The predicted octanol–water partition coefficient (Wildman–Crippen LogP) is 3.98. The van der Waals surface area contributed by atoms with Crippen LogP contribution in [0.4, 0.5) is 0 Å². The molecule has 1 unspecified atom stereocenters. The summed E-state index contributed by atoms with van der Waals surface area (Å²) in [7, 11) is 0. The second kappa shape index (κ2) is 4.63. The minimum Gasteiger partial charge on any atom is -0.340 e. The Labute approximate surface area is 113 Å². The molecular weight excluding hydrogens is 234 g/mol. The number of rotatable bonds is 2. The van der Waals surface area contributed by atoms with Gasteiger partial charge in [0, 0.05) is 0 Å². The van der Waals surface area contributed by atoms with Crippen LogP contribution < -0.4 is 0 Å². The molecule has 2 aromatic carbocycles. The fourth-order valence-corrected chi connectivity index (χ4v) is 2.40. The monoisotopic (exact) mass is 251 g/mol. The van der Waals surface area contributed by atoms with Gasteiger partial charge in [0.25, 0.3) is 0 Å². The highest BCUT2D eigenvalue weighted by Gasteiger charge is 2.35. The molecule has 0 radical (unpaired) electrons. The van der Waals surface area contributed by atoms with E-state index in [1.54, 1.807) is 0 Å². The van der Waals surface area contributed by atoms with Crippen molar-refractivity contribution < 1.29 is 4.74 Å². The smallest absolute Gasteiger partial charge is 0.155 e. The van der Waals surface area contributed by atoms with E-state index < -0.39 is 5.72 Å². The van der Waals surface area contributed by atoms with Gasteiger partial charge in [0.15, 0.2) is 5.72 Å². The zero-order chi connectivity index (χ0) is 13.3. The molecule has 96 valence electrons. The Morgan fingerprint density at radius 2 is 1.47 bits per heavy atom. The number of nitrogens with zero attached hydrogens (tertiary/aromatic N) is 1. The van der Waals surface area contributed by atoms with E-state index in [9.17, 15) is 0 Å². The van der Waals surface area contributed by atoms with Crippen LogP contribution in [0.2, 0.25) is 0 Å². The summed E-state index contributed by atoms with van der Waals surface area (Å²) >= 11 is 0. The summed E-state index contributed by atoms with van der Waals surface area (Å²) in [5, 5.41) is 0. The van der Waals surface area contributed by atoms with Gasteiger partial charge < -0.3 is 4.74 Å². The van der Waals surface area contributed by atoms with Gasteiger partial charge in [-0.2, -0.15) is 0 Å². The van der Waals surface area contributed by atoms with Crippen LogP contribution in [0, 0.1) is 0 Å². The summed E-state index contributed by atoms with van der Waals surface area (Å²) in [6.45, 7) is 4.00. The molecule has 0 saturated heterocycles. The lowest BCUT2D eigenvalue weighted by Gasteiger charge is -2.18. The highest BCUT2D eigenvalue weighted by molar-refractivity contribution is 6.05. The summed E-state index contributed by atoms with van der Waals surface area (Å²) in [6, 6.07) is 20.5. The molecule has 0 amide bonds. The molecule has 0 fully saturated rings. The molecule has 3 rings (SSSR count). The number of hydrogen-bond acceptors (Lipinski definition) is 2. The van der Waals surface area contributed by atoms with Gasteiger partial charge in [0.05, 0.1) is 5.71 Å². The summed E-state index contributed by atoms with van der Waals surface area (Å²) in [5.41, 5.74) is 2.82. The van der Waals surface area contributed by atoms with Crippen molar-refractivity contribution in [2.24, 2.45) is 4.99 Å². The van der Waals surface area contributed by atoms with Gasteiger partial charge >= 0.3 is 0 Å². The van der Waals surface area contributed by atoms with Crippen LogP contribution in [0.25, 0.3) is 0 Å². The van der Waals surface area contributed by atoms with Crippen molar-refractivity contribution in [3.8, 4) is 0 Å². The van der Waals surface area contributed by atoms with Crippen molar-refractivity contribution in [2.75, 3.05) is 0 Å². The summed E-state index contributed by atoms with van der Waals surface area (Å²) < 4.78 is 6.10. The molecule has 0 bridgehead atoms. The van der Waals surface area contributed by atoms with Crippen LogP contribution in [0.3, 0.4) is 0 Å². The Kier molecular flexibility index (Phi) is 2.96. The Balaban J connectivity index is 2.04. The molecule has 2 aromatic rings. The van der Waals surface area contributed by atoms with Gasteiger partial charge in [0.2, 0.25) is 0 Å². The number of ether oxygens (including phenoxy) is 1. The molecule has 0 N–H and O–H groups in total. The second-order valence-electron chi connectivity index (χ2n) is 5.22. The molecule has 19 heavy (non-hydrogen) atoms. The maximum atomic E-state index is 6.10. The van der Waals surface area contributed by atoms with Gasteiger partial charge in [-0.1, -0.05) is 60.7 Å². The summed E-state index contributed by atoms with van der Waals surface area (Å²) in [5.74, 6) is 0. The molecule has 0 aliphatic carbocycles. The first-order valence-electron chi connectivity index (χ1n) is 6.54. The predicted molar refractivity (Wildman–Crippen MR) is 77.3 cm³/mol. The van der Waals surface area contributed by atoms with Crippen molar-refractivity contribution in [1.29, 1.82) is 0 Å². The van der Waals surface area contributed by atoms with Gasteiger partial charge in [-0.15, -0.1) is 0 Å². The molecule has 2 nitrogen and oxygen atoms in total. The lowest BCUT2D eigenvalue weighted by molar-refractivity contribution is -0.0160. The van der Waals surface area contributed by atoms with Crippen molar-refractivity contribution in [1.82, 2.24) is 0 Å². The van der Waals surface area contributed by atoms with E-state index in [0.717, 1.165) is 16.8 Å². The molecule has 0 spiro atoms. The SMILES string of the molecule is CC1(C)N=C(c2ccccc2)C(c2ccccc2)O1. The molecule has 1 heterocycles. The minimum atomic E-state index is -0.467. The first-order valence-corrected chi connectivity index (χ1v) is 6.54. The average molecular weight is 251 g/mol. The van der Waals surface area contributed by atoms with Crippen LogP contribution in [0.5, 0.6) is 0 Å². The lowest BCUT2D eigenvalue weighted by atomic mass is 9.99. The van der Waals surface area contributed by atoms with E-state index in [4.69, 9.17) is 9.73 Å². The maximum Gasteiger partial charge on any atom is 0.155 e. The topological polar surface area (TPSA) is 21.6 Å². The highest BCUT2D eigenvalue weighted by Crippen LogP contribution is 2.35. The Morgan fingerprint density at radius 3 is 2.11 bits per heavy atom. The molecule has 2 heteroatoms. The first-order chi connectivity index (χ1) is 9.16. The number of aliphatic imine (C=N–C) groups is 1. The van der Waals surface area contributed by atoms with Gasteiger partial charge in [-0.3, -0.25) is 4.99 Å². The third-order valence-electron chi connectivity index (χ3n) is 3.22. The van der Waals surface area contributed by atoms with Crippen LogP contribution >= 0.6 is 0 Å². The van der Waals surface area contributed by atoms with E-state index in [0.29, 0.717) is 0 Å². The third kappa shape index (κ3) is 2.45. The van der Waals surface area contributed by atoms with Crippen molar-refractivity contribution in [3.63, 3.8) is 0 Å². The summed E-state index contributed by atoms with van der Waals surface area (Å²) in [4.78, 5) is 4.74. The largest absolute Gasteiger partial charge is 0.340 e. The van der Waals surface area contributed by atoms with Gasteiger partial charge in [0.1, 0.15) is 6.10 Å². The standard InChI is InChI=1S/C17H17NO/c1-17(2)18-15(13-9-5-3-6-10-13)16(19-17)14-11-7-4-8-12-14/h3-12,16H,1-2H3. The second-order valence-corrected chi connectivity index (χ2v) is 5.22. The Bertz CT molecular complexity index is 587. The highest BCUT2D eigenvalue weighted by atomic mass is 16.5. The molecule has 1 aliphatic rings. The quantitative estimate of drug-likeness (QED) is 0.791. The molecule has 1 atom stereocenters. The number of hydrogen-bond donors (Lipinski definition) is 0. The minimum absolute atomic E-state index is 0.0846. The maximum absolute atomic E-state index is 6.10. The third-order valence-corrected chi connectivity index (χ3v) is 3.22. The zero-order valence-corrected chi connectivity index (χ0v) is 11.2. The first kappa shape index (κ1) is 12.1. The molecular formula is C17H17NO. The van der Waals surface area contributed by atoms with Crippen molar-refractivity contribution in [2.45, 2.75) is 25.7 Å². The fourth-order valence-electron chi connectivity index (χ4n) is 2.40. The van der Waals surface area contributed by atoms with Crippen LogP contribution in [-0.2, 0) is 4.74 Å². The number of benzene rings is 2. The van der Waals surface area contributed by atoms with E-state index in [1.165, 1.54) is 0 Å². The van der Waals surface area contributed by atoms with Crippen LogP contribution in [0.1, 0.15) is 31.1 Å². The van der Waals surface area contributed by atoms with E-state index in [1.807, 2.05) is 50.2 Å². The Morgan fingerprint density at radius 1 is 0.895 bits per heavy atom. The zero-order valence-electron chi connectivity index (χ0n) is 11.2. The fraction of sp³-hybridized carbons (Fsp3) is 0.235. The van der Waals surface area contributed by atoms with Crippen LogP contribution in [0.15, 0.2) is 65.7 Å². The van der Waals surface area contributed by atoms with Gasteiger partial charge in [-0.05, 0) is 25.0 Å². The van der Waals surface area contributed by atoms with Crippen LogP contribution in [-0.4, -0.2) is 11.4 Å².